The van der Waals surface area contributed by atoms with Gasteiger partial charge in [0.25, 0.3) is 0 Å². The van der Waals surface area contributed by atoms with Gasteiger partial charge in [0.2, 0.25) is 5.91 Å². The van der Waals surface area contributed by atoms with Crippen molar-refractivity contribution in [3.05, 3.63) is 71.2 Å². The lowest BCUT2D eigenvalue weighted by Crippen LogP contribution is -2.12. The molecule has 0 atom stereocenters. The van der Waals surface area contributed by atoms with Gasteiger partial charge in [-0.3, -0.25) is 4.79 Å². The van der Waals surface area contributed by atoms with Gasteiger partial charge in [0.15, 0.2) is 5.82 Å². The number of halogens is 3. The van der Waals surface area contributed by atoms with Crippen LogP contribution in [-0.4, -0.2) is 16.0 Å². The second kappa shape index (κ2) is 7.46. The van der Waals surface area contributed by atoms with Crippen LogP contribution in [0.2, 0.25) is 0 Å². The highest BCUT2D eigenvalue weighted by atomic mass is 19.1. The molecule has 148 valence electrons. The number of anilines is 1. The van der Waals surface area contributed by atoms with Gasteiger partial charge in [-0.1, -0.05) is 5.16 Å². The van der Waals surface area contributed by atoms with Gasteiger partial charge in [-0.15, -0.1) is 0 Å². The third kappa shape index (κ3) is 3.87. The van der Waals surface area contributed by atoms with Crippen LogP contribution in [0.25, 0.3) is 22.2 Å². The maximum absolute atomic E-state index is 14.3. The predicted octanol–water partition coefficient (Wildman–Crippen LogP) is 5.12. The largest absolute Gasteiger partial charge is 0.360 e. The van der Waals surface area contributed by atoms with E-state index in [9.17, 15) is 18.0 Å². The van der Waals surface area contributed by atoms with Crippen molar-refractivity contribution in [2.45, 2.75) is 19.8 Å². The highest BCUT2D eigenvalue weighted by Gasteiger charge is 2.18. The number of hydrogen-bond donors (Lipinski definition) is 2. The van der Waals surface area contributed by atoms with Gasteiger partial charge >= 0.3 is 0 Å². The summed E-state index contributed by atoms with van der Waals surface area (Å²) in [4.78, 5) is 15.2. The fraction of sp³-hybridized carbons (Fsp3) is 0.143. The molecule has 0 fully saturated rings. The van der Waals surface area contributed by atoms with Crippen molar-refractivity contribution in [1.29, 1.82) is 0 Å². The first-order chi connectivity index (χ1) is 13.9. The molecule has 0 bridgehead atoms. The van der Waals surface area contributed by atoms with Gasteiger partial charge in [0, 0.05) is 29.6 Å². The molecule has 0 radical (unpaired) electrons. The Morgan fingerprint density at radius 2 is 1.86 bits per heavy atom. The van der Waals surface area contributed by atoms with Gasteiger partial charge in [-0.05, 0) is 54.8 Å². The van der Waals surface area contributed by atoms with Gasteiger partial charge in [0.1, 0.15) is 23.2 Å². The minimum atomic E-state index is -0.739. The average Bonchev–Trinajstić information content (AvgIpc) is 3.24. The molecule has 2 aromatic carbocycles. The minimum absolute atomic E-state index is 0.0468. The van der Waals surface area contributed by atoms with Gasteiger partial charge in [-0.25, -0.2) is 13.2 Å². The molecule has 0 spiro atoms. The Morgan fingerprint density at radius 3 is 2.55 bits per heavy atom. The zero-order chi connectivity index (χ0) is 20.5. The van der Waals surface area contributed by atoms with Crippen LogP contribution in [0, 0.1) is 24.4 Å². The van der Waals surface area contributed by atoms with Gasteiger partial charge in [0.05, 0.1) is 5.52 Å². The Kier molecular flexibility index (Phi) is 4.84. The number of H-pyrrole nitrogens is 1. The molecule has 0 aliphatic carbocycles. The normalized spacial score (nSPS) is 11.2. The lowest BCUT2D eigenvalue weighted by atomic mass is 10.0. The first-order valence-electron chi connectivity index (χ1n) is 8.89. The fourth-order valence-electron chi connectivity index (χ4n) is 3.27. The number of fused-ring (bicyclic) bond motifs is 1. The summed E-state index contributed by atoms with van der Waals surface area (Å²) in [6.45, 7) is 1.70. The quantitative estimate of drug-likeness (QED) is 0.489. The zero-order valence-electron chi connectivity index (χ0n) is 15.4. The first kappa shape index (κ1) is 18.8. The minimum Gasteiger partial charge on any atom is -0.360 e. The molecule has 2 aromatic heterocycles. The molecule has 0 saturated heterocycles. The number of benzene rings is 2. The van der Waals surface area contributed by atoms with E-state index in [0.29, 0.717) is 33.8 Å². The maximum atomic E-state index is 14.3. The third-order valence-electron chi connectivity index (χ3n) is 4.56. The van der Waals surface area contributed by atoms with Crippen LogP contribution < -0.4 is 5.32 Å². The molecule has 2 N–H and O–H groups in total. The number of hydrogen-bond acceptors (Lipinski definition) is 3. The predicted molar refractivity (Wildman–Crippen MR) is 102 cm³/mol. The van der Waals surface area contributed by atoms with Crippen molar-refractivity contribution >= 4 is 22.6 Å². The molecule has 5 nitrogen and oxygen atoms in total. The number of rotatable bonds is 5. The summed E-state index contributed by atoms with van der Waals surface area (Å²) in [5, 5.41) is 6.65. The number of nitrogens with one attached hydrogen (secondary N) is 2. The molecular formula is C21H16F3N3O2. The summed E-state index contributed by atoms with van der Waals surface area (Å²) >= 11 is 0. The van der Waals surface area contributed by atoms with E-state index in [1.807, 2.05) is 0 Å². The van der Waals surface area contributed by atoms with Crippen molar-refractivity contribution in [2.24, 2.45) is 0 Å². The zero-order valence-corrected chi connectivity index (χ0v) is 15.4. The topological polar surface area (TPSA) is 70.9 Å². The second-order valence-corrected chi connectivity index (χ2v) is 6.67. The Hall–Kier alpha value is -3.55. The van der Waals surface area contributed by atoms with E-state index in [1.165, 1.54) is 30.3 Å². The van der Waals surface area contributed by atoms with Crippen LogP contribution in [0.3, 0.4) is 0 Å². The van der Waals surface area contributed by atoms with Crippen LogP contribution >= 0.6 is 0 Å². The molecule has 4 rings (SSSR count). The molecule has 8 heteroatoms. The van der Waals surface area contributed by atoms with Gasteiger partial charge < -0.3 is 14.8 Å². The Balaban J connectivity index is 1.68. The fourth-order valence-corrected chi connectivity index (χ4v) is 3.27. The van der Waals surface area contributed by atoms with Crippen LogP contribution in [0.15, 0.2) is 47.0 Å². The SMILES string of the molecule is Cc1cc(NC(=O)CCc2c(-c3ccc(F)cc3)[nH]c3c(F)cc(F)cc23)no1. The van der Waals surface area contributed by atoms with E-state index >= 15 is 0 Å². The van der Waals surface area contributed by atoms with E-state index in [0.717, 1.165) is 6.07 Å². The van der Waals surface area contributed by atoms with Crippen molar-refractivity contribution in [2.75, 3.05) is 5.32 Å². The Morgan fingerprint density at radius 1 is 1.10 bits per heavy atom. The summed E-state index contributed by atoms with van der Waals surface area (Å²) in [7, 11) is 0. The van der Waals surface area contributed by atoms with Crippen molar-refractivity contribution < 1.29 is 22.5 Å². The number of carbonyl (C=O) groups excluding carboxylic acids is 1. The summed E-state index contributed by atoms with van der Waals surface area (Å²) in [6.07, 6.45) is 0.253. The standard InChI is InChI=1S/C21H16F3N3O2/c1-11-8-18(27-29-11)25-19(28)7-6-15-16-9-14(23)10-17(24)21(16)26-20(15)12-2-4-13(22)5-3-12/h2-5,8-10,26H,6-7H2,1H3,(H,25,27,28). The van der Waals surface area contributed by atoms with Crippen LogP contribution in [0.4, 0.5) is 19.0 Å². The molecule has 0 unspecified atom stereocenters. The number of carbonyl (C=O) groups is 1. The second-order valence-electron chi connectivity index (χ2n) is 6.67. The van der Waals surface area contributed by atoms with Crippen LogP contribution in [0.5, 0.6) is 0 Å². The number of aromatic amines is 1. The molecule has 0 saturated carbocycles. The van der Waals surface area contributed by atoms with Crippen molar-refractivity contribution in [3.63, 3.8) is 0 Å². The molecule has 1 amide bonds. The van der Waals surface area contributed by atoms with E-state index in [4.69, 9.17) is 4.52 Å². The highest BCUT2D eigenvalue weighted by Crippen LogP contribution is 2.33. The molecule has 4 aromatic rings. The molecular weight excluding hydrogens is 383 g/mol. The maximum Gasteiger partial charge on any atom is 0.225 e. The lowest BCUT2D eigenvalue weighted by Gasteiger charge is -2.06. The van der Waals surface area contributed by atoms with E-state index in [1.54, 1.807) is 13.0 Å². The highest BCUT2D eigenvalue weighted by molar-refractivity contribution is 5.93. The molecule has 2 heterocycles. The van der Waals surface area contributed by atoms with E-state index in [-0.39, 0.29) is 24.3 Å². The smallest absolute Gasteiger partial charge is 0.225 e. The summed E-state index contributed by atoms with van der Waals surface area (Å²) < 4.78 is 46.3. The van der Waals surface area contributed by atoms with E-state index < -0.39 is 17.5 Å². The Bertz CT molecular complexity index is 1200. The monoisotopic (exact) mass is 399 g/mol. The van der Waals surface area contributed by atoms with Crippen LogP contribution in [0.1, 0.15) is 17.7 Å². The van der Waals surface area contributed by atoms with E-state index in [2.05, 4.69) is 15.5 Å². The number of nitrogens with zero attached hydrogens (tertiary/aromatic N) is 1. The molecule has 29 heavy (non-hydrogen) atoms. The van der Waals surface area contributed by atoms with Crippen molar-refractivity contribution in [3.8, 4) is 11.3 Å². The number of aromatic nitrogens is 2. The molecule has 0 aliphatic heterocycles. The number of aryl methyl sites for hydroxylation is 2. The van der Waals surface area contributed by atoms with Crippen molar-refractivity contribution in [1.82, 2.24) is 10.1 Å². The molecule has 0 aliphatic rings. The van der Waals surface area contributed by atoms with Gasteiger partial charge in [-0.2, -0.15) is 0 Å². The number of amides is 1. The lowest BCUT2D eigenvalue weighted by molar-refractivity contribution is -0.116. The van der Waals surface area contributed by atoms with Crippen LogP contribution in [-0.2, 0) is 11.2 Å². The average molecular weight is 399 g/mol. The summed E-state index contributed by atoms with van der Waals surface area (Å²) in [5.74, 6) is -1.34. The third-order valence-corrected chi connectivity index (χ3v) is 4.56. The first-order valence-corrected chi connectivity index (χ1v) is 8.89. The summed E-state index contributed by atoms with van der Waals surface area (Å²) in [5.41, 5.74) is 1.81. The summed E-state index contributed by atoms with van der Waals surface area (Å²) in [6, 6.07) is 9.22. The Labute approximate surface area is 163 Å².